The lowest BCUT2D eigenvalue weighted by Crippen LogP contribution is -2.51. The Morgan fingerprint density at radius 1 is 0.938 bits per heavy atom. The number of benzene rings is 3. The molecule has 13 nitrogen and oxygen atoms in total. The number of fused-ring (bicyclic) bond motifs is 4. The second-order valence-corrected chi connectivity index (χ2v) is 12.4. The topological polar surface area (TPSA) is 160 Å². The molecule has 0 spiro atoms. The fraction of sp³-hybridized carbons (Fsp3) is 0.314. The van der Waals surface area contributed by atoms with Crippen LogP contribution in [0, 0.1) is 0 Å². The second-order valence-electron chi connectivity index (χ2n) is 12.4. The molecule has 4 aromatic rings. The number of nitrogens with zero attached hydrogens (tertiary/aromatic N) is 5. The number of nitrogens with one attached hydrogen (secondary N) is 1. The van der Waals surface area contributed by atoms with Gasteiger partial charge in [-0.15, -0.1) is 0 Å². The summed E-state index contributed by atoms with van der Waals surface area (Å²) in [7, 11) is 0. The van der Waals surface area contributed by atoms with Gasteiger partial charge in [0.15, 0.2) is 11.8 Å². The van der Waals surface area contributed by atoms with E-state index in [2.05, 4.69) is 10.4 Å². The van der Waals surface area contributed by atoms with Crippen LogP contribution in [0.3, 0.4) is 0 Å². The minimum atomic E-state index is -1.14. The Labute approximate surface area is 276 Å². The maximum absolute atomic E-state index is 14.1. The third kappa shape index (κ3) is 5.72. The summed E-state index contributed by atoms with van der Waals surface area (Å²) in [5.41, 5.74) is 10.1. The summed E-state index contributed by atoms with van der Waals surface area (Å²) >= 11 is 0. The molecule has 3 aliphatic heterocycles. The fourth-order valence-corrected chi connectivity index (χ4v) is 6.97. The Morgan fingerprint density at radius 3 is 2.40 bits per heavy atom. The number of ether oxygens (including phenoxy) is 1. The maximum Gasteiger partial charge on any atom is 0.410 e. The lowest BCUT2D eigenvalue weighted by molar-refractivity contribution is -0.141. The van der Waals surface area contributed by atoms with Crippen LogP contribution in [-0.4, -0.2) is 79.6 Å². The zero-order valence-corrected chi connectivity index (χ0v) is 26.4. The number of hydrogen-bond donors (Lipinski definition) is 2. The third-order valence-corrected chi connectivity index (χ3v) is 9.41. The minimum absolute atomic E-state index is 0.0482. The van der Waals surface area contributed by atoms with E-state index in [1.807, 2.05) is 59.5 Å². The van der Waals surface area contributed by atoms with Gasteiger partial charge in [0.05, 0.1) is 5.52 Å². The van der Waals surface area contributed by atoms with E-state index in [1.165, 1.54) is 6.92 Å². The third-order valence-electron chi connectivity index (χ3n) is 9.41. The Bertz CT molecular complexity index is 1950. The number of hydrogen-bond acceptors (Lipinski definition) is 7. The average molecular weight is 650 g/mol. The first-order valence-corrected chi connectivity index (χ1v) is 16.0. The van der Waals surface area contributed by atoms with Gasteiger partial charge in [0, 0.05) is 63.2 Å². The average Bonchev–Trinajstić information content (AvgIpc) is 3.44. The predicted molar refractivity (Wildman–Crippen MR) is 175 cm³/mol. The van der Waals surface area contributed by atoms with Gasteiger partial charge in [0.2, 0.25) is 5.91 Å². The standard InChI is InChI=1S/C35H35N7O6/c1-21(43)42-28-12-11-23-17-29(33(45)40(18-22-7-3-2-4-8-22)20-26(23)30(28)31(38-42)32(36)44)48-35(47)39-15-13-25(14-16-39)41-19-24-9-5-6-10-27(24)37-34(41)46/h2-12,25,29H,13-20H2,1H3,(H2,36,44)(H,37,46). The number of likely N-dealkylation sites (tertiary alicyclic amines) is 1. The number of primary amides is 1. The van der Waals surface area contributed by atoms with Gasteiger partial charge in [-0.3, -0.25) is 14.4 Å². The van der Waals surface area contributed by atoms with Crippen LogP contribution < -0.4 is 11.1 Å². The normalized spacial score (nSPS) is 18.2. The number of amides is 5. The van der Waals surface area contributed by atoms with Gasteiger partial charge in [-0.05, 0) is 47.2 Å². The van der Waals surface area contributed by atoms with Crippen molar-refractivity contribution in [3.8, 4) is 0 Å². The first kappa shape index (κ1) is 30.9. The largest absolute Gasteiger partial charge is 0.436 e. The SMILES string of the molecule is CC(=O)n1nc(C(N)=O)c2c3c(ccc21)CC(OC(=O)N1CCC(N2Cc4ccccc4NC2=O)CC1)C(=O)N(Cc1ccccc1)C3. The summed E-state index contributed by atoms with van der Waals surface area (Å²) in [5.74, 6) is -1.56. The molecule has 13 heteroatoms. The number of anilines is 1. The fourth-order valence-electron chi connectivity index (χ4n) is 6.97. The summed E-state index contributed by atoms with van der Waals surface area (Å²) < 4.78 is 7.10. The van der Waals surface area contributed by atoms with Crippen LogP contribution in [0.4, 0.5) is 15.3 Å². The molecule has 1 unspecified atom stereocenters. The Morgan fingerprint density at radius 2 is 1.67 bits per heavy atom. The van der Waals surface area contributed by atoms with Crippen LogP contribution in [0.25, 0.3) is 10.9 Å². The van der Waals surface area contributed by atoms with E-state index in [0.717, 1.165) is 21.5 Å². The highest BCUT2D eigenvalue weighted by Crippen LogP contribution is 2.33. The van der Waals surface area contributed by atoms with Crippen molar-refractivity contribution in [1.29, 1.82) is 0 Å². The molecule has 1 aromatic heterocycles. The summed E-state index contributed by atoms with van der Waals surface area (Å²) in [6, 6.07) is 20.4. The van der Waals surface area contributed by atoms with Gasteiger partial charge < -0.3 is 30.5 Å². The van der Waals surface area contributed by atoms with Gasteiger partial charge in [-0.2, -0.15) is 9.78 Å². The van der Waals surface area contributed by atoms with Gasteiger partial charge in [0.25, 0.3) is 11.8 Å². The monoisotopic (exact) mass is 649 g/mol. The van der Waals surface area contributed by atoms with Crippen LogP contribution >= 0.6 is 0 Å². The van der Waals surface area contributed by atoms with Crippen LogP contribution in [0.5, 0.6) is 0 Å². The summed E-state index contributed by atoms with van der Waals surface area (Å²) in [6.07, 6.45) is -0.539. The first-order valence-electron chi connectivity index (χ1n) is 16.0. The van der Waals surface area contributed by atoms with E-state index < -0.39 is 18.1 Å². The number of urea groups is 1. The van der Waals surface area contributed by atoms with E-state index >= 15 is 0 Å². The number of carbonyl (C=O) groups excluding carboxylic acids is 5. The van der Waals surface area contributed by atoms with Crippen molar-refractivity contribution < 1.29 is 28.7 Å². The summed E-state index contributed by atoms with van der Waals surface area (Å²) in [5, 5.41) is 7.57. The van der Waals surface area contributed by atoms with Crippen molar-refractivity contribution in [2.45, 2.75) is 58.0 Å². The van der Waals surface area contributed by atoms with Crippen LogP contribution in [0.2, 0.25) is 0 Å². The molecule has 0 aliphatic carbocycles. The second kappa shape index (κ2) is 12.5. The van der Waals surface area contributed by atoms with Crippen molar-refractivity contribution in [3.63, 3.8) is 0 Å². The smallest absolute Gasteiger partial charge is 0.410 e. The number of para-hydroxylation sites is 1. The number of nitrogens with two attached hydrogens (primary N) is 1. The van der Waals surface area contributed by atoms with Crippen molar-refractivity contribution in [2.24, 2.45) is 5.73 Å². The van der Waals surface area contributed by atoms with Crippen molar-refractivity contribution in [1.82, 2.24) is 24.5 Å². The molecular weight excluding hydrogens is 614 g/mol. The molecule has 3 aliphatic rings. The van der Waals surface area contributed by atoms with Crippen LogP contribution in [0.1, 0.15) is 57.3 Å². The van der Waals surface area contributed by atoms with Gasteiger partial charge in [-0.25, -0.2) is 9.59 Å². The van der Waals surface area contributed by atoms with Crippen molar-refractivity contribution >= 4 is 46.4 Å². The van der Waals surface area contributed by atoms with Gasteiger partial charge in [-0.1, -0.05) is 54.6 Å². The molecule has 7 rings (SSSR count). The van der Waals surface area contributed by atoms with Gasteiger partial charge >= 0.3 is 12.1 Å². The molecule has 48 heavy (non-hydrogen) atoms. The highest BCUT2D eigenvalue weighted by atomic mass is 16.6. The van der Waals surface area contributed by atoms with E-state index in [9.17, 15) is 24.0 Å². The molecule has 1 atom stereocenters. The zero-order valence-electron chi connectivity index (χ0n) is 26.4. The maximum atomic E-state index is 14.1. The van der Waals surface area contributed by atoms with Crippen LogP contribution in [0.15, 0.2) is 66.7 Å². The minimum Gasteiger partial charge on any atom is -0.436 e. The zero-order chi connectivity index (χ0) is 33.5. The molecule has 0 radical (unpaired) electrons. The van der Waals surface area contributed by atoms with E-state index in [4.69, 9.17) is 10.5 Å². The van der Waals surface area contributed by atoms with E-state index in [-0.39, 0.29) is 49.1 Å². The highest BCUT2D eigenvalue weighted by Gasteiger charge is 2.38. The van der Waals surface area contributed by atoms with Crippen molar-refractivity contribution in [2.75, 3.05) is 18.4 Å². The lowest BCUT2D eigenvalue weighted by Gasteiger charge is -2.40. The Kier molecular flexibility index (Phi) is 8.03. The Balaban J connectivity index is 1.13. The van der Waals surface area contributed by atoms with E-state index in [1.54, 1.807) is 21.9 Å². The molecular formula is C35H35N7O6. The summed E-state index contributed by atoms with van der Waals surface area (Å²) in [6.45, 7) is 2.89. The number of aromatic nitrogens is 2. The number of rotatable bonds is 5. The molecule has 246 valence electrons. The molecule has 3 N–H and O–H groups in total. The highest BCUT2D eigenvalue weighted by molar-refractivity contribution is 6.08. The quantitative estimate of drug-likeness (QED) is 0.332. The van der Waals surface area contributed by atoms with Crippen LogP contribution in [-0.2, 0) is 35.6 Å². The Hall–Kier alpha value is -5.72. The molecule has 0 saturated carbocycles. The predicted octanol–water partition coefficient (Wildman–Crippen LogP) is 3.90. The first-order chi connectivity index (χ1) is 23.2. The molecule has 1 saturated heterocycles. The molecule has 1 fully saturated rings. The molecule has 3 aromatic carbocycles. The number of piperidine rings is 1. The molecule has 4 heterocycles. The van der Waals surface area contributed by atoms with Gasteiger partial charge in [0.1, 0.15) is 0 Å². The van der Waals surface area contributed by atoms with E-state index in [0.29, 0.717) is 54.5 Å². The molecule has 5 amide bonds. The lowest BCUT2D eigenvalue weighted by atomic mass is 9.97. The molecule has 0 bridgehead atoms. The number of carbonyl (C=O) groups is 5. The van der Waals surface area contributed by atoms with Crippen molar-refractivity contribution in [3.05, 3.63) is 94.7 Å². The summed E-state index contributed by atoms with van der Waals surface area (Å²) in [4.78, 5) is 70.4.